The number of nitrogens with zero attached hydrogens (tertiary/aromatic N) is 3. The van der Waals surface area contributed by atoms with Crippen molar-refractivity contribution in [3.05, 3.63) is 51.1 Å². The van der Waals surface area contributed by atoms with Gasteiger partial charge < -0.3 is 20.1 Å². The predicted molar refractivity (Wildman–Crippen MR) is 124 cm³/mol. The average Bonchev–Trinajstić information content (AvgIpc) is 3.42. The first-order valence-electron chi connectivity index (χ1n) is 11.3. The molecule has 0 unspecified atom stereocenters. The number of pyridine rings is 2. The van der Waals surface area contributed by atoms with E-state index in [0.29, 0.717) is 55.0 Å². The molecule has 3 aromatic rings. The number of amides is 1. The number of aliphatic hydroxyl groups excluding tert-OH is 1. The summed E-state index contributed by atoms with van der Waals surface area (Å²) in [6, 6.07) is 5.19. The van der Waals surface area contributed by atoms with Crippen LogP contribution in [0, 0.1) is 5.82 Å². The largest absolute Gasteiger partial charge is 0.481 e. The summed E-state index contributed by atoms with van der Waals surface area (Å²) in [6.45, 7) is 1.71. The van der Waals surface area contributed by atoms with E-state index in [4.69, 9.17) is 4.74 Å². The summed E-state index contributed by atoms with van der Waals surface area (Å²) < 4.78 is 19.7. The molecule has 5 rings (SSSR count). The van der Waals surface area contributed by atoms with Gasteiger partial charge in [0, 0.05) is 36.1 Å². The Hall–Kier alpha value is -2.62. The number of β-amino-alcohol motifs (C(OH)–C–C–N with tert-alkyl or cyclic N) is 1. The van der Waals surface area contributed by atoms with Crippen LogP contribution in [0.3, 0.4) is 0 Å². The van der Waals surface area contributed by atoms with Crippen molar-refractivity contribution < 1.29 is 19.0 Å². The van der Waals surface area contributed by atoms with Gasteiger partial charge in [-0.3, -0.25) is 9.78 Å². The number of aryl methyl sites for hydroxylation is 2. The zero-order chi connectivity index (χ0) is 22.9. The van der Waals surface area contributed by atoms with Crippen molar-refractivity contribution in [1.82, 2.24) is 20.2 Å². The first-order valence-corrected chi connectivity index (χ1v) is 12.1. The van der Waals surface area contributed by atoms with Gasteiger partial charge >= 0.3 is 0 Å². The Labute approximate surface area is 195 Å². The minimum absolute atomic E-state index is 0.0998. The molecule has 33 heavy (non-hydrogen) atoms. The number of carbonyl (C=O) groups excluding carboxylic acids is 1. The molecule has 3 aromatic heterocycles. The lowest BCUT2D eigenvalue weighted by molar-refractivity contribution is 0.0384. The van der Waals surface area contributed by atoms with E-state index in [0.717, 1.165) is 17.7 Å². The second kappa shape index (κ2) is 9.32. The van der Waals surface area contributed by atoms with E-state index >= 15 is 0 Å². The van der Waals surface area contributed by atoms with Crippen LogP contribution in [0.25, 0.3) is 11.0 Å². The molecule has 1 fully saturated rings. The summed E-state index contributed by atoms with van der Waals surface area (Å²) in [5, 5.41) is 13.7. The molecule has 1 aliphatic heterocycles. The minimum Gasteiger partial charge on any atom is -0.481 e. The summed E-state index contributed by atoms with van der Waals surface area (Å²) in [7, 11) is 1.52. The second-order valence-electron chi connectivity index (χ2n) is 8.71. The molecule has 7 nitrogen and oxygen atoms in total. The number of carbonyl (C=O) groups is 1. The van der Waals surface area contributed by atoms with Gasteiger partial charge in [-0.2, -0.15) is 0 Å². The fourth-order valence-corrected chi connectivity index (χ4v) is 5.90. The third-order valence-corrected chi connectivity index (χ3v) is 7.82. The van der Waals surface area contributed by atoms with E-state index in [2.05, 4.69) is 20.2 Å². The fourth-order valence-electron chi connectivity index (χ4n) is 4.75. The van der Waals surface area contributed by atoms with Gasteiger partial charge in [-0.1, -0.05) is 0 Å². The van der Waals surface area contributed by atoms with Crippen LogP contribution in [-0.4, -0.2) is 64.8 Å². The number of aliphatic hydroxyl groups is 1. The van der Waals surface area contributed by atoms with Crippen LogP contribution in [0.1, 0.15) is 38.5 Å². The topological polar surface area (TPSA) is 87.6 Å². The van der Waals surface area contributed by atoms with Crippen molar-refractivity contribution in [1.29, 1.82) is 0 Å². The van der Waals surface area contributed by atoms with Gasteiger partial charge in [0.25, 0.3) is 5.91 Å². The third-order valence-electron chi connectivity index (χ3n) is 6.58. The normalized spacial score (nSPS) is 20.7. The van der Waals surface area contributed by atoms with E-state index in [1.165, 1.54) is 30.2 Å². The molecule has 2 atom stereocenters. The van der Waals surface area contributed by atoms with Crippen LogP contribution in [0.2, 0.25) is 0 Å². The summed E-state index contributed by atoms with van der Waals surface area (Å²) in [5.74, 6) is -0.0786. The molecule has 0 aromatic carbocycles. The Morgan fingerprint density at radius 1 is 1.39 bits per heavy atom. The van der Waals surface area contributed by atoms with Crippen molar-refractivity contribution in [3.8, 4) is 5.88 Å². The van der Waals surface area contributed by atoms with E-state index < -0.39 is 11.9 Å². The Morgan fingerprint density at radius 3 is 3.06 bits per heavy atom. The molecular weight excluding hydrogens is 443 g/mol. The van der Waals surface area contributed by atoms with E-state index in [1.54, 1.807) is 23.5 Å². The van der Waals surface area contributed by atoms with Gasteiger partial charge in [-0.25, -0.2) is 9.37 Å². The standard InChI is InChI=1S/C24H27FN4O3S/c1-32-22-6-5-18-23(28-22)15(16(25)12-26-18)7-9-29-10-8-17(19(30)13-29)27-24(31)21-11-14-3-2-4-20(14)33-21/h5-6,11-12,17,19,30H,2-4,7-10,13H2,1H3,(H,27,31)/t17-,19+/m1/s1. The number of halogens is 1. The molecular formula is C24H27FN4O3S. The van der Waals surface area contributed by atoms with Crippen LogP contribution in [0.15, 0.2) is 24.4 Å². The lowest BCUT2D eigenvalue weighted by Crippen LogP contribution is -2.54. The molecule has 2 aliphatic rings. The molecule has 0 bridgehead atoms. The minimum atomic E-state index is -0.674. The van der Waals surface area contributed by atoms with Crippen LogP contribution in [0.4, 0.5) is 4.39 Å². The number of methoxy groups -OCH3 is 1. The van der Waals surface area contributed by atoms with Crippen molar-refractivity contribution in [2.24, 2.45) is 0 Å². The SMILES string of the molecule is COc1ccc2ncc(F)c(CCN3CC[C@@H](NC(=O)c4cc5c(s4)CCC5)[C@@H](O)C3)c2n1. The number of aromatic nitrogens is 2. The lowest BCUT2D eigenvalue weighted by atomic mass is 10.0. The Morgan fingerprint density at radius 2 is 2.27 bits per heavy atom. The molecule has 0 spiro atoms. The van der Waals surface area contributed by atoms with Crippen molar-refractivity contribution in [2.75, 3.05) is 26.7 Å². The highest BCUT2D eigenvalue weighted by Crippen LogP contribution is 2.30. The average molecular weight is 471 g/mol. The Bertz CT molecular complexity index is 1160. The van der Waals surface area contributed by atoms with Gasteiger partial charge in [0.15, 0.2) is 0 Å². The Balaban J connectivity index is 1.19. The van der Waals surface area contributed by atoms with Crippen molar-refractivity contribution in [2.45, 2.75) is 44.2 Å². The van der Waals surface area contributed by atoms with Crippen molar-refractivity contribution >= 4 is 28.3 Å². The maximum atomic E-state index is 14.6. The first kappa shape index (κ1) is 22.2. The molecule has 2 N–H and O–H groups in total. The maximum Gasteiger partial charge on any atom is 0.261 e. The summed E-state index contributed by atoms with van der Waals surface area (Å²) in [4.78, 5) is 25.3. The van der Waals surface area contributed by atoms with Gasteiger partial charge in [0.1, 0.15) is 5.82 Å². The molecule has 174 valence electrons. The highest BCUT2D eigenvalue weighted by Gasteiger charge is 2.30. The smallest absolute Gasteiger partial charge is 0.261 e. The number of ether oxygens (including phenoxy) is 1. The maximum absolute atomic E-state index is 14.6. The molecule has 1 saturated heterocycles. The number of nitrogens with one attached hydrogen (secondary N) is 1. The highest BCUT2D eigenvalue weighted by atomic mass is 32.1. The zero-order valence-corrected chi connectivity index (χ0v) is 19.3. The number of hydrogen-bond donors (Lipinski definition) is 2. The van der Waals surface area contributed by atoms with E-state index in [9.17, 15) is 14.3 Å². The fraction of sp³-hybridized carbons (Fsp3) is 0.458. The quantitative estimate of drug-likeness (QED) is 0.576. The predicted octanol–water partition coefficient (Wildman–Crippen LogP) is 2.74. The molecule has 1 amide bonds. The summed E-state index contributed by atoms with van der Waals surface area (Å²) in [5.41, 5.74) is 2.91. The zero-order valence-electron chi connectivity index (χ0n) is 18.5. The van der Waals surface area contributed by atoms with Gasteiger partial charge in [0.2, 0.25) is 5.88 Å². The van der Waals surface area contributed by atoms with Crippen LogP contribution < -0.4 is 10.1 Å². The number of thiophene rings is 1. The summed E-state index contributed by atoms with van der Waals surface area (Å²) >= 11 is 1.57. The molecule has 0 saturated carbocycles. The monoisotopic (exact) mass is 470 g/mol. The van der Waals surface area contributed by atoms with E-state index in [-0.39, 0.29) is 11.9 Å². The molecule has 9 heteroatoms. The molecule has 0 radical (unpaired) electrons. The third kappa shape index (κ3) is 4.58. The second-order valence-corrected chi connectivity index (χ2v) is 9.84. The number of fused-ring (bicyclic) bond motifs is 2. The summed E-state index contributed by atoms with van der Waals surface area (Å²) in [6.07, 6.45) is 4.91. The van der Waals surface area contributed by atoms with Gasteiger partial charge in [0.05, 0.1) is 41.4 Å². The van der Waals surface area contributed by atoms with Crippen LogP contribution >= 0.6 is 11.3 Å². The first-order chi connectivity index (χ1) is 16.0. The number of piperidine rings is 1. The number of hydrogen-bond acceptors (Lipinski definition) is 7. The number of rotatable bonds is 6. The highest BCUT2D eigenvalue weighted by molar-refractivity contribution is 7.14. The van der Waals surface area contributed by atoms with Crippen molar-refractivity contribution in [3.63, 3.8) is 0 Å². The molecule has 1 aliphatic carbocycles. The van der Waals surface area contributed by atoms with Crippen LogP contribution in [0.5, 0.6) is 5.88 Å². The lowest BCUT2D eigenvalue weighted by Gasteiger charge is -2.36. The molecule has 4 heterocycles. The van der Waals surface area contributed by atoms with Gasteiger partial charge in [-0.15, -0.1) is 11.3 Å². The van der Waals surface area contributed by atoms with Crippen LogP contribution in [-0.2, 0) is 19.3 Å². The Kier molecular flexibility index (Phi) is 6.27. The number of likely N-dealkylation sites (tertiary alicyclic amines) is 1. The van der Waals surface area contributed by atoms with E-state index in [1.807, 2.05) is 6.07 Å². The van der Waals surface area contributed by atoms with Gasteiger partial charge in [-0.05, 0) is 49.8 Å².